The molecular formula is C22H26N4O4S2. The summed E-state index contributed by atoms with van der Waals surface area (Å²) in [5, 5.41) is 12.4. The van der Waals surface area contributed by atoms with Gasteiger partial charge >= 0.3 is 6.01 Å². The predicted octanol–water partition coefficient (Wildman–Crippen LogP) is 3.88. The van der Waals surface area contributed by atoms with E-state index in [0.717, 1.165) is 5.56 Å². The Morgan fingerprint density at radius 1 is 1.19 bits per heavy atom. The molecule has 8 nitrogen and oxygen atoms in total. The summed E-state index contributed by atoms with van der Waals surface area (Å²) in [5.74, 6) is 0.366. The van der Waals surface area contributed by atoms with Crippen LogP contribution in [0.25, 0.3) is 0 Å². The molecule has 0 unspecified atom stereocenters. The summed E-state index contributed by atoms with van der Waals surface area (Å²) in [6.45, 7) is 4.91. The number of aromatic nitrogens is 2. The molecule has 4 rings (SSSR count). The number of hydrogen-bond donors (Lipinski definition) is 1. The maximum absolute atomic E-state index is 12.6. The van der Waals surface area contributed by atoms with E-state index in [4.69, 9.17) is 4.42 Å². The molecule has 0 aliphatic carbocycles. The minimum Gasteiger partial charge on any atom is -0.407 e. The lowest BCUT2D eigenvalue weighted by molar-refractivity contribution is -0.121. The van der Waals surface area contributed by atoms with E-state index < -0.39 is 10.0 Å². The number of amides is 1. The topological polar surface area (TPSA) is 105 Å². The molecule has 0 saturated carbocycles. The van der Waals surface area contributed by atoms with E-state index in [2.05, 4.69) is 41.5 Å². The molecule has 10 heteroatoms. The van der Waals surface area contributed by atoms with Crippen LogP contribution in [0.5, 0.6) is 0 Å². The van der Waals surface area contributed by atoms with Crippen LogP contribution in [0.4, 0.5) is 6.01 Å². The van der Waals surface area contributed by atoms with E-state index in [0.29, 0.717) is 48.4 Å². The van der Waals surface area contributed by atoms with Crippen molar-refractivity contribution < 1.29 is 17.6 Å². The standard InChI is InChI=1S/C22H26N4O4S2/c1-15(2)17-7-5-16(6-8-17)14-19-24-25-22(30-19)23-21(27)18-9-11-26(12-10-18)32(28,29)20-4-3-13-31-20/h3-8,13,15,18H,9-12,14H2,1-2H3,(H,23,25,27). The number of carbonyl (C=O) groups is 1. The number of piperidine rings is 1. The van der Waals surface area contributed by atoms with Gasteiger partial charge in [0.2, 0.25) is 11.8 Å². The molecule has 1 amide bonds. The first-order valence-corrected chi connectivity index (χ1v) is 12.9. The Kier molecular flexibility index (Phi) is 6.73. The zero-order chi connectivity index (χ0) is 22.7. The number of hydrogen-bond acceptors (Lipinski definition) is 7. The molecule has 1 N–H and O–H groups in total. The molecule has 1 saturated heterocycles. The summed E-state index contributed by atoms with van der Waals surface area (Å²) in [4.78, 5) is 12.6. The quantitative estimate of drug-likeness (QED) is 0.557. The van der Waals surface area contributed by atoms with Gasteiger partial charge in [0.15, 0.2) is 0 Å². The van der Waals surface area contributed by atoms with Crippen molar-refractivity contribution in [1.82, 2.24) is 14.5 Å². The van der Waals surface area contributed by atoms with Crippen LogP contribution in [0.15, 0.2) is 50.4 Å². The zero-order valence-corrected chi connectivity index (χ0v) is 19.7. The van der Waals surface area contributed by atoms with E-state index >= 15 is 0 Å². The molecule has 32 heavy (non-hydrogen) atoms. The van der Waals surface area contributed by atoms with Crippen molar-refractivity contribution in [2.75, 3.05) is 18.4 Å². The van der Waals surface area contributed by atoms with Crippen molar-refractivity contribution >= 4 is 33.3 Å². The Hall–Kier alpha value is -2.56. The van der Waals surface area contributed by atoms with Gasteiger partial charge in [0.05, 0.1) is 6.42 Å². The monoisotopic (exact) mass is 474 g/mol. The lowest BCUT2D eigenvalue weighted by Crippen LogP contribution is -2.41. The molecular weight excluding hydrogens is 448 g/mol. The molecule has 3 heterocycles. The second-order valence-corrected chi connectivity index (χ2v) is 11.3. The molecule has 2 aromatic heterocycles. The second-order valence-electron chi connectivity index (χ2n) is 8.17. The maximum atomic E-state index is 12.6. The average molecular weight is 475 g/mol. The minimum atomic E-state index is -3.48. The summed E-state index contributed by atoms with van der Waals surface area (Å²) in [7, 11) is -3.48. The first-order valence-electron chi connectivity index (χ1n) is 10.6. The van der Waals surface area contributed by atoms with Gasteiger partial charge in [-0.2, -0.15) is 4.31 Å². The maximum Gasteiger partial charge on any atom is 0.322 e. The number of sulfonamides is 1. The molecule has 0 radical (unpaired) electrons. The van der Waals surface area contributed by atoms with Crippen molar-refractivity contribution in [2.45, 2.75) is 43.2 Å². The number of nitrogens with zero attached hydrogens (tertiary/aromatic N) is 3. The van der Waals surface area contributed by atoms with Crippen LogP contribution >= 0.6 is 11.3 Å². The lowest BCUT2D eigenvalue weighted by Gasteiger charge is -2.29. The summed E-state index contributed by atoms with van der Waals surface area (Å²) in [5.41, 5.74) is 2.32. The highest BCUT2D eigenvalue weighted by Crippen LogP contribution is 2.27. The van der Waals surface area contributed by atoms with Gasteiger partial charge in [0.25, 0.3) is 10.0 Å². The van der Waals surface area contributed by atoms with Crippen LogP contribution in [0.1, 0.15) is 49.6 Å². The van der Waals surface area contributed by atoms with Gasteiger partial charge in [0.1, 0.15) is 4.21 Å². The highest BCUT2D eigenvalue weighted by molar-refractivity contribution is 7.91. The van der Waals surface area contributed by atoms with Crippen LogP contribution in [0, 0.1) is 5.92 Å². The molecule has 1 aliphatic heterocycles. The van der Waals surface area contributed by atoms with Crippen LogP contribution in [0.3, 0.4) is 0 Å². The molecule has 0 spiro atoms. The third kappa shape index (κ3) is 5.08. The van der Waals surface area contributed by atoms with E-state index in [9.17, 15) is 13.2 Å². The fraction of sp³-hybridized carbons (Fsp3) is 0.409. The molecule has 3 aromatic rings. The first-order chi connectivity index (χ1) is 15.3. The fourth-order valence-corrected chi connectivity index (χ4v) is 6.29. The minimum absolute atomic E-state index is 0.0671. The highest BCUT2D eigenvalue weighted by atomic mass is 32.2. The van der Waals surface area contributed by atoms with E-state index in [1.165, 1.54) is 21.2 Å². The third-order valence-corrected chi connectivity index (χ3v) is 8.88. The van der Waals surface area contributed by atoms with Gasteiger partial charge in [-0.1, -0.05) is 49.3 Å². The number of anilines is 1. The fourth-order valence-electron chi connectivity index (χ4n) is 3.67. The van der Waals surface area contributed by atoms with Crippen LogP contribution in [-0.4, -0.2) is 41.9 Å². The Morgan fingerprint density at radius 3 is 2.53 bits per heavy atom. The molecule has 1 fully saturated rings. The van der Waals surface area contributed by atoms with Crippen molar-refractivity contribution in [1.29, 1.82) is 0 Å². The summed E-state index contributed by atoms with van der Waals surface area (Å²) in [6.07, 6.45) is 1.37. The number of thiophene rings is 1. The van der Waals surface area contributed by atoms with Crippen molar-refractivity contribution in [3.8, 4) is 0 Å². The van der Waals surface area contributed by atoms with Crippen LogP contribution < -0.4 is 5.32 Å². The van der Waals surface area contributed by atoms with Crippen molar-refractivity contribution in [3.05, 3.63) is 58.8 Å². The summed E-state index contributed by atoms with van der Waals surface area (Å²) in [6, 6.07) is 11.6. The largest absolute Gasteiger partial charge is 0.407 e. The van der Waals surface area contributed by atoms with Gasteiger partial charge < -0.3 is 4.42 Å². The van der Waals surface area contributed by atoms with E-state index in [-0.39, 0.29) is 17.8 Å². The molecule has 0 atom stereocenters. The Balaban J connectivity index is 1.30. The molecule has 1 aliphatic rings. The van der Waals surface area contributed by atoms with Crippen LogP contribution in [0.2, 0.25) is 0 Å². The van der Waals surface area contributed by atoms with Gasteiger partial charge in [-0.25, -0.2) is 8.42 Å². The SMILES string of the molecule is CC(C)c1ccc(Cc2nnc(NC(=O)C3CCN(S(=O)(=O)c4cccs4)CC3)o2)cc1. The predicted molar refractivity (Wildman–Crippen MR) is 122 cm³/mol. The van der Waals surface area contributed by atoms with E-state index in [1.54, 1.807) is 17.5 Å². The van der Waals surface area contributed by atoms with Gasteiger partial charge in [-0.05, 0) is 41.3 Å². The van der Waals surface area contributed by atoms with Crippen LogP contribution in [-0.2, 0) is 21.2 Å². The Bertz CT molecular complexity index is 1150. The van der Waals surface area contributed by atoms with Crippen molar-refractivity contribution in [3.63, 3.8) is 0 Å². The van der Waals surface area contributed by atoms with Gasteiger partial charge in [-0.3, -0.25) is 10.1 Å². The summed E-state index contributed by atoms with van der Waals surface area (Å²) < 4.78 is 32.6. The molecule has 0 bridgehead atoms. The lowest BCUT2D eigenvalue weighted by atomic mass is 9.97. The first kappa shape index (κ1) is 22.6. The van der Waals surface area contributed by atoms with Crippen molar-refractivity contribution in [2.24, 2.45) is 5.92 Å². The second kappa shape index (κ2) is 9.51. The number of carbonyl (C=O) groups excluding carboxylic acids is 1. The van der Waals surface area contributed by atoms with Gasteiger partial charge in [0, 0.05) is 19.0 Å². The van der Waals surface area contributed by atoms with E-state index in [1.807, 2.05) is 12.1 Å². The highest BCUT2D eigenvalue weighted by Gasteiger charge is 2.33. The molecule has 170 valence electrons. The zero-order valence-electron chi connectivity index (χ0n) is 18.0. The van der Waals surface area contributed by atoms with Gasteiger partial charge in [-0.15, -0.1) is 16.4 Å². The number of rotatable bonds is 7. The Morgan fingerprint density at radius 2 is 1.91 bits per heavy atom. The number of benzene rings is 1. The normalized spacial score (nSPS) is 15.8. The smallest absolute Gasteiger partial charge is 0.322 e. The molecule has 1 aromatic carbocycles. The Labute approximate surface area is 191 Å². The number of nitrogens with one attached hydrogen (secondary N) is 1. The third-order valence-electron chi connectivity index (χ3n) is 5.61. The average Bonchev–Trinajstić information content (AvgIpc) is 3.47. The summed E-state index contributed by atoms with van der Waals surface area (Å²) >= 11 is 1.20.